The van der Waals surface area contributed by atoms with Crippen LogP contribution in [-0.4, -0.2) is 18.5 Å². The van der Waals surface area contributed by atoms with E-state index < -0.39 is 30.1 Å². The molecule has 0 aliphatic heterocycles. The molecule has 0 saturated heterocycles. The van der Waals surface area contributed by atoms with E-state index in [1.54, 1.807) is 6.07 Å². The standard InChI is InChI=1S/C16H11Cl2F2NO3/c17-13-2-1-9(3-14(13)18)4-16(23)24-8-15(22)21-12-6-10(19)5-11(20)7-12/h1-3,5-7H,4,8H2,(H,21,22). The predicted molar refractivity (Wildman–Crippen MR) is 86.1 cm³/mol. The van der Waals surface area contributed by atoms with Crippen molar-refractivity contribution >= 4 is 40.8 Å². The highest BCUT2D eigenvalue weighted by Gasteiger charge is 2.11. The van der Waals surface area contributed by atoms with Crippen LogP contribution in [0.3, 0.4) is 0 Å². The quantitative estimate of drug-likeness (QED) is 0.806. The Morgan fingerprint density at radius 3 is 2.29 bits per heavy atom. The number of rotatable bonds is 5. The summed E-state index contributed by atoms with van der Waals surface area (Å²) in [6, 6.07) is 7.22. The van der Waals surface area contributed by atoms with Gasteiger partial charge in [-0.15, -0.1) is 0 Å². The predicted octanol–water partition coefficient (Wildman–Crippen LogP) is 4.00. The minimum Gasteiger partial charge on any atom is -0.455 e. The van der Waals surface area contributed by atoms with E-state index >= 15 is 0 Å². The topological polar surface area (TPSA) is 55.4 Å². The number of amides is 1. The van der Waals surface area contributed by atoms with Crippen molar-refractivity contribution in [3.63, 3.8) is 0 Å². The Morgan fingerprint density at radius 1 is 1.00 bits per heavy atom. The van der Waals surface area contributed by atoms with Gasteiger partial charge in [-0.2, -0.15) is 0 Å². The van der Waals surface area contributed by atoms with Crippen LogP contribution >= 0.6 is 23.2 Å². The Kier molecular flexibility index (Phi) is 6.11. The molecule has 24 heavy (non-hydrogen) atoms. The smallest absolute Gasteiger partial charge is 0.310 e. The van der Waals surface area contributed by atoms with Crippen LogP contribution in [0.25, 0.3) is 0 Å². The van der Waals surface area contributed by atoms with Crippen LogP contribution in [0, 0.1) is 11.6 Å². The lowest BCUT2D eigenvalue weighted by Crippen LogP contribution is -2.21. The second-order valence-corrected chi connectivity index (χ2v) is 5.61. The Bertz CT molecular complexity index is 764. The summed E-state index contributed by atoms with van der Waals surface area (Å²) >= 11 is 11.6. The Hall–Kier alpha value is -2.18. The van der Waals surface area contributed by atoms with Gasteiger partial charge in [0, 0.05) is 11.8 Å². The summed E-state index contributed by atoms with van der Waals surface area (Å²) in [5, 5.41) is 2.88. The maximum Gasteiger partial charge on any atom is 0.310 e. The highest BCUT2D eigenvalue weighted by molar-refractivity contribution is 6.42. The number of esters is 1. The monoisotopic (exact) mass is 373 g/mol. The number of nitrogens with one attached hydrogen (secondary N) is 1. The number of hydrogen-bond donors (Lipinski definition) is 1. The first kappa shape index (κ1) is 18.2. The summed E-state index contributed by atoms with van der Waals surface area (Å²) in [5.74, 6) is -3.04. The second kappa shape index (κ2) is 8.08. The van der Waals surface area contributed by atoms with Gasteiger partial charge in [-0.05, 0) is 29.8 Å². The van der Waals surface area contributed by atoms with Crippen LogP contribution < -0.4 is 5.32 Å². The summed E-state index contributed by atoms with van der Waals surface area (Å²) in [4.78, 5) is 23.3. The van der Waals surface area contributed by atoms with Crippen LogP contribution in [0.2, 0.25) is 10.0 Å². The largest absolute Gasteiger partial charge is 0.455 e. The van der Waals surface area contributed by atoms with Gasteiger partial charge in [-0.3, -0.25) is 9.59 Å². The lowest BCUT2D eigenvalue weighted by molar-refractivity contribution is -0.146. The molecule has 0 spiro atoms. The molecule has 126 valence electrons. The second-order valence-electron chi connectivity index (χ2n) is 4.79. The highest BCUT2D eigenvalue weighted by Crippen LogP contribution is 2.22. The number of anilines is 1. The van der Waals surface area contributed by atoms with E-state index in [0.29, 0.717) is 21.7 Å². The van der Waals surface area contributed by atoms with Gasteiger partial charge in [-0.25, -0.2) is 8.78 Å². The fraction of sp³-hybridized carbons (Fsp3) is 0.125. The van der Waals surface area contributed by atoms with Gasteiger partial charge in [0.15, 0.2) is 6.61 Å². The van der Waals surface area contributed by atoms with Crippen molar-refractivity contribution in [3.05, 3.63) is 63.6 Å². The molecule has 2 rings (SSSR count). The fourth-order valence-corrected chi connectivity index (χ4v) is 2.16. The zero-order valence-corrected chi connectivity index (χ0v) is 13.6. The number of benzene rings is 2. The van der Waals surface area contributed by atoms with Crippen LogP contribution in [0.1, 0.15) is 5.56 Å². The van der Waals surface area contributed by atoms with Gasteiger partial charge >= 0.3 is 5.97 Å². The van der Waals surface area contributed by atoms with E-state index in [4.69, 9.17) is 27.9 Å². The van der Waals surface area contributed by atoms with Crippen LogP contribution in [-0.2, 0) is 20.7 Å². The third kappa shape index (κ3) is 5.47. The number of ether oxygens (including phenoxy) is 1. The molecule has 1 N–H and O–H groups in total. The molecule has 0 radical (unpaired) electrons. The Morgan fingerprint density at radius 2 is 1.67 bits per heavy atom. The highest BCUT2D eigenvalue weighted by atomic mass is 35.5. The van der Waals surface area contributed by atoms with Gasteiger partial charge in [0.05, 0.1) is 16.5 Å². The summed E-state index contributed by atoms with van der Waals surface area (Å²) < 4.78 is 30.8. The molecule has 0 fully saturated rings. The van der Waals surface area contributed by atoms with Crippen LogP contribution in [0.15, 0.2) is 36.4 Å². The van der Waals surface area contributed by atoms with E-state index in [2.05, 4.69) is 5.32 Å². The number of halogens is 4. The lowest BCUT2D eigenvalue weighted by Gasteiger charge is -2.07. The van der Waals surface area contributed by atoms with Gasteiger partial charge < -0.3 is 10.1 Å². The van der Waals surface area contributed by atoms with E-state index in [1.165, 1.54) is 12.1 Å². The molecule has 2 aromatic rings. The summed E-state index contributed by atoms with van der Waals surface area (Å²) in [7, 11) is 0. The molecular weight excluding hydrogens is 363 g/mol. The minimum atomic E-state index is -0.832. The zero-order valence-electron chi connectivity index (χ0n) is 12.1. The molecule has 0 aromatic heterocycles. The van der Waals surface area contributed by atoms with Crippen molar-refractivity contribution in [2.24, 2.45) is 0 Å². The third-order valence-electron chi connectivity index (χ3n) is 2.84. The van der Waals surface area contributed by atoms with E-state index in [0.717, 1.165) is 12.1 Å². The summed E-state index contributed by atoms with van der Waals surface area (Å²) in [6.07, 6.45) is -0.0985. The van der Waals surface area contributed by atoms with Crippen molar-refractivity contribution in [1.82, 2.24) is 0 Å². The first-order valence-electron chi connectivity index (χ1n) is 6.69. The first-order valence-corrected chi connectivity index (χ1v) is 7.44. The molecule has 0 aliphatic carbocycles. The zero-order chi connectivity index (χ0) is 17.7. The molecule has 0 atom stereocenters. The average Bonchev–Trinajstić information content (AvgIpc) is 2.48. The van der Waals surface area contributed by atoms with Crippen molar-refractivity contribution < 1.29 is 23.1 Å². The summed E-state index contributed by atoms with van der Waals surface area (Å²) in [6.45, 7) is -0.585. The number of carbonyl (C=O) groups is 2. The van der Waals surface area contributed by atoms with Gasteiger partial charge in [0.1, 0.15) is 11.6 Å². The number of carbonyl (C=O) groups excluding carboxylic acids is 2. The molecule has 1 amide bonds. The normalized spacial score (nSPS) is 10.3. The van der Waals surface area contributed by atoms with Crippen molar-refractivity contribution in [1.29, 1.82) is 0 Å². The van der Waals surface area contributed by atoms with Gasteiger partial charge in [-0.1, -0.05) is 29.3 Å². The first-order chi connectivity index (χ1) is 11.3. The van der Waals surface area contributed by atoms with Crippen molar-refractivity contribution in [3.8, 4) is 0 Å². The molecule has 4 nitrogen and oxygen atoms in total. The molecule has 0 aliphatic rings. The van der Waals surface area contributed by atoms with Crippen molar-refractivity contribution in [2.75, 3.05) is 11.9 Å². The molecule has 8 heteroatoms. The summed E-state index contributed by atoms with van der Waals surface area (Å²) in [5.41, 5.74) is 0.500. The average molecular weight is 374 g/mol. The van der Waals surface area contributed by atoms with Gasteiger partial charge in [0.2, 0.25) is 0 Å². The molecule has 0 saturated carbocycles. The Labute approximate surface area is 146 Å². The van der Waals surface area contributed by atoms with E-state index in [1.807, 2.05) is 0 Å². The lowest BCUT2D eigenvalue weighted by atomic mass is 10.1. The molecule has 0 bridgehead atoms. The Balaban J connectivity index is 1.84. The maximum atomic E-state index is 13.0. The van der Waals surface area contributed by atoms with E-state index in [9.17, 15) is 18.4 Å². The van der Waals surface area contributed by atoms with Gasteiger partial charge in [0.25, 0.3) is 5.91 Å². The van der Waals surface area contributed by atoms with E-state index in [-0.39, 0.29) is 12.1 Å². The number of hydrogen-bond acceptors (Lipinski definition) is 3. The molecular formula is C16H11Cl2F2NO3. The molecule has 0 unspecified atom stereocenters. The maximum absolute atomic E-state index is 13.0. The molecule has 2 aromatic carbocycles. The fourth-order valence-electron chi connectivity index (χ4n) is 1.84. The van der Waals surface area contributed by atoms with Crippen LogP contribution in [0.5, 0.6) is 0 Å². The molecule has 0 heterocycles. The van der Waals surface area contributed by atoms with Crippen molar-refractivity contribution in [2.45, 2.75) is 6.42 Å². The minimum absolute atomic E-state index is 0.0713. The SMILES string of the molecule is O=C(COC(=O)Cc1ccc(Cl)c(Cl)c1)Nc1cc(F)cc(F)c1. The third-order valence-corrected chi connectivity index (χ3v) is 3.58. The van der Waals surface area contributed by atoms with Crippen LogP contribution in [0.4, 0.5) is 14.5 Å².